The molecule has 0 aliphatic carbocycles. The Kier molecular flexibility index (Phi) is 7.01. The Hall–Kier alpha value is -3.88. The van der Waals surface area contributed by atoms with Crippen molar-refractivity contribution < 1.29 is 58.8 Å². The van der Waals surface area contributed by atoms with Crippen molar-refractivity contribution in [3.05, 3.63) is 46.6 Å². The van der Waals surface area contributed by atoms with E-state index in [1.54, 1.807) is 24.3 Å². The molecule has 0 amide bonds. The van der Waals surface area contributed by atoms with E-state index in [9.17, 15) is 40.2 Å². The molecule has 0 spiro atoms. The van der Waals surface area contributed by atoms with Gasteiger partial charge in [0.2, 0.25) is 12.0 Å². The van der Waals surface area contributed by atoms with E-state index >= 15 is 0 Å². The van der Waals surface area contributed by atoms with Crippen LogP contribution in [0.25, 0.3) is 22.3 Å². The fraction of sp³-hybridized carbons (Fsp3) is 0.304. The Morgan fingerprint density at radius 2 is 1.75 bits per heavy atom. The highest BCUT2D eigenvalue weighted by molar-refractivity contribution is 5.89. The second-order valence-electron chi connectivity index (χ2n) is 7.76. The molecule has 3 aromatic rings. The van der Waals surface area contributed by atoms with Crippen molar-refractivity contribution in [1.29, 1.82) is 0 Å². The number of carbonyl (C=O) groups is 1. The number of phenols is 1. The van der Waals surface area contributed by atoms with Crippen LogP contribution in [0.3, 0.4) is 0 Å². The molecule has 13 nitrogen and oxygen atoms in total. The molecule has 4 rings (SSSR count). The minimum atomic E-state index is -1.96. The maximum absolute atomic E-state index is 12.8. The Bertz CT molecular complexity index is 1320. The summed E-state index contributed by atoms with van der Waals surface area (Å²) in [5.41, 5.74) is -0.348. The smallest absolute Gasteiger partial charge is 0.335 e. The zero-order valence-corrected chi connectivity index (χ0v) is 18.6. The summed E-state index contributed by atoms with van der Waals surface area (Å²) < 4.78 is 26.4. The number of aliphatic hydroxyl groups is 4. The third-order valence-corrected chi connectivity index (χ3v) is 5.55. The Morgan fingerprint density at radius 3 is 2.36 bits per heavy atom. The highest BCUT2D eigenvalue weighted by Crippen LogP contribution is 2.43. The largest absolute Gasteiger partial charge is 0.504 e. The Balaban J connectivity index is 1.80. The quantitative estimate of drug-likeness (QED) is 0.229. The lowest BCUT2D eigenvalue weighted by Gasteiger charge is -2.38. The fourth-order valence-electron chi connectivity index (χ4n) is 3.73. The van der Waals surface area contributed by atoms with Gasteiger partial charge in [-0.3, -0.25) is 4.79 Å². The summed E-state index contributed by atoms with van der Waals surface area (Å²) in [6.45, 7) is -0.960. The monoisotopic (exact) mass is 506 g/mol. The van der Waals surface area contributed by atoms with Crippen LogP contribution in [0, 0.1) is 0 Å². The number of aliphatic hydroxyl groups excluding tert-OH is 4. The number of rotatable bonds is 7. The molecule has 192 valence electrons. The number of carboxylic acid groups (broad SMARTS) is 1. The molecule has 1 aliphatic rings. The first kappa shape index (κ1) is 25.2. The van der Waals surface area contributed by atoms with E-state index in [1.165, 1.54) is 7.11 Å². The van der Waals surface area contributed by atoms with Crippen molar-refractivity contribution in [1.82, 2.24) is 0 Å². The van der Waals surface area contributed by atoms with Crippen molar-refractivity contribution in [2.45, 2.75) is 30.7 Å². The standard InChI is InChI=1S/C23H22O13/c1-32-10-4-2-9(3-5-10)12-6-11(25)15-13(34-12)7-14(20(16(15)26)33-8-24)35-23-19(29)17(27)18(28)21(36-23)22(30)31/h2-7,17-19,21,23-24,26-29H,8H2,1H3,(H,30,31)/t17-,18+,19-,21+,23-/m1/s1. The van der Waals surface area contributed by atoms with Crippen molar-refractivity contribution in [3.8, 4) is 34.3 Å². The molecule has 0 unspecified atom stereocenters. The molecule has 6 N–H and O–H groups in total. The second-order valence-corrected chi connectivity index (χ2v) is 7.76. The minimum Gasteiger partial charge on any atom is -0.504 e. The van der Waals surface area contributed by atoms with Crippen LogP contribution in [0.1, 0.15) is 0 Å². The fourth-order valence-corrected chi connectivity index (χ4v) is 3.73. The molecule has 5 atom stereocenters. The number of fused-ring (bicyclic) bond motifs is 1. The van der Waals surface area contributed by atoms with Crippen LogP contribution in [-0.2, 0) is 9.53 Å². The zero-order chi connectivity index (χ0) is 26.1. The number of hydrogen-bond acceptors (Lipinski definition) is 12. The highest BCUT2D eigenvalue weighted by atomic mass is 16.7. The average molecular weight is 506 g/mol. The maximum atomic E-state index is 12.8. The van der Waals surface area contributed by atoms with Crippen LogP contribution < -0.4 is 19.6 Å². The molecule has 2 aromatic carbocycles. The number of aliphatic carboxylic acids is 1. The van der Waals surface area contributed by atoms with Crippen LogP contribution in [0.4, 0.5) is 0 Å². The summed E-state index contributed by atoms with van der Waals surface area (Å²) in [4.78, 5) is 24.2. The Morgan fingerprint density at radius 1 is 1.06 bits per heavy atom. The topological polar surface area (TPSA) is 206 Å². The SMILES string of the molecule is COc1ccc(-c2cc(=O)c3c(O)c(OCO)c(O[C@@H]4O[C@H](C(=O)O)[C@@H](O)[C@@H](O)[C@H]4O)cc3o2)cc1. The van der Waals surface area contributed by atoms with Gasteiger partial charge in [0.1, 0.15) is 40.8 Å². The van der Waals surface area contributed by atoms with Gasteiger partial charge in [-0.1, -0.05) is 0 Å². The predicted octanol–water partition coefficient (Wildman–Crippen LogP) is -0.226. The lowest BCUT2D eigenvalue weighted by molar-refractivity contribution is -0.271. The van der Waals surface area contributed by atoms with Crippen molar-refractivity contribution >= 4 is 16.9 Å². The average Bonchev–Trinajstić information content (AvgIpc) is 2.86. The molecule has 1 aliphatic heterocycles. The molecule has 13 heteroatoms. The number of ether oxygens (including phenoxy) is 4. The molecule has 1 fully saturated rings. The summed E-state index contributed by atoms with van der Waals surface area (Å²) in [5.74, 6) is -2.69. The van der Waals surface area contributed by atoms with Gasteiger partial charge in [0, 0.05) is 17.7 Å². The van der Waals surface area contributed by atoms with Gasteiger partial charge in [-0.15, -0.1) is 0 Å². The van der Waals surface area contributed by atoms with E-state index in [-0.39, 0.29) is 16.7 Å². The van der Waals surface area contributed by atoms with Gasteiger partial charge < -0.3 is 54.0 Å². The van der Waals surface area contributed by atoms with E-state index in [0.29, 0.717) is 11.3 Å². The molecule has 0 bridgehead atoms. The summed E-state index contributed by atoms with van der Waals surface area (Å²) in [7, 11) is 1.49. The third-order valence-electron chi connectivity index (χ3n) is 5.55. The third kappa shape index (κ3) is 4.53. The normalized spacial score (nSPS) is 23.9. The molecule has 1 saturated heterocycles. The number of aromatic hydroxyl groups is 1. The van der Waals surface area contributed by atoms with E-state index < -0.39 is 66.1 Å². The van der Waals surface area contributed by atoms with E-state index in [1.807, 2.05) is 0 Å². The summed E-state index contributed by atoms with van der Waals surface area (Å²) in [6.07, 6.45) is -9.66. The predicted molar refractivity (Wildman–Crippen MR) is 119 cm³/mol. The summed E-state index contributed by atoms with van der Waals surface area (Å²) >= 11 is 0. The van der Waals surface area contributed by atoms with Gasteiger partial charge in [0.25, 0.3) is 0 Å². The molecule has 2 heterocycles. The van der Waals surface area contributed by atoms with Crippen molar-refractivity contribution in [2.24, 2.45) is 0 Å². The molecule has 36 heavy (non-hydrogen) atoms. The zero-order valence-electron chi connectivity index (χ0n) is 18.6. The first-order valence-electron chi connectivity index (χ1n) is 10.5. The number of phenolic OH excluding ortho intramolecular Hbond substituents is 1. The molecule has 1 aromatic heterocycles. The van der Waals surface area contributed by atoms with Gasteiger partial charge >= 0.3 is 5.97 Å². The number of hydrogen-bond donors (Lipinski definition) is 6. The molecule has 0 saturated carbocycles. The van der Waals surface area contributed by atoms with Crippen LogP contribution in [0.5, 0.6) is 23.0 Å². The summed E-state index contributed by atoms with van der Waals surface area (Å²) in [6, 6.07) is 8.78. The molecular weight excluding hydrogens is 484 g/mol. The van der Waals surface area contributed by atoms with Crippen LogP contribution in [0.15, 0.2) is 45.6 Å². The lowest BCUT2D eigenvalue weighted by atomic mass is 9.99. The minimum absolute atomic E-state index is 0.120. The first-order chi connectivity index (χ1) is 17.2. The number of carboxylic acids is 1. The maximum Gasteiger partial charge on any atom is 0.335 e. The molecule has 0 radical (unpaired) electrons. The highest BCUT2D eigenvalue weighted by Gasteiger charge is 2.48. The van der Waals surface area contributed by atoms with Gasteiger partial charge in [-0.25, -0.2) is 4.79 Å². The number of benzene rings is 2. The van der Waals surface area contributed by atoms with Gasteiger partial charge in [-0.05, 0) is 24.3 Å². The van der Waals surface area contributed by atoms with Gasteiger partial charge in [-0.2, -0.15) is 0 Å². The van der Waals surface area contributed by atoms with Crippen molar-refractivity contribution in [2.75, 3.05) is 13.9 Å². The first-order valence-corrected chi connectivity index (χ1v) is 10.5. The van der Waals surface area contributed by atoms with Gasteiger partial charge in [0.05, 0.1) is 7.11 Å². The Labute approximate surface area is 201 Å². The van der Waals surface area contributed by atoms with E-state index in [4.69, 9.17) is 23.4 Å². The van der Waals surface area contributed by atoms with Gasteiger partial charge in [0.15, 0.2) is 29.8 Å². The van der Waals surface area contributed by atoms with Crippen LogP contribution >= 0.6 is 0 Å². The lowest BCUT2D eigenvalue weighted by Crippen LogP contribution is -2.61. The van der Waals surface area contributed by atoms with Crippen LogP contribution in [-0.4, -0.2) is 81.2 Å². The molecular formula is C23H22O13. The van der Waals surface area contributed by atoms with Crippen LogP contribution in [0.2, 0.25) is 0 Å². The number of methoxy groups -OCH3 is 1. The van der Waals surface area contributed by atoms with E-state index in [2.05, 4.69) is 0 Å². The second kappa shape index (κ2) is 10.0. The van der Waals surface area contributed by atoms with Crippen molar-refractivity contribution in [3.63, 3.8) is 0 Å². The summed E-state index contributed by atoms with van der Waals surface area (Å²) in [5, 5.41) is 59.1. The van der Waals surface area contributed by atoms with E-state index in [0.717, 1.165) is 12.1 Å².